The minimum Gasteiger partial charge on any atom is -0.390 e. The van der Waals surface area contributed by atoms with Gasteiger partial charge in [-0.25, -0.2) is 0 Å². The fourth-order valence-electron chi connectivity index (χ4n) is 0.440. The lowest BCUT2D eigenvalue weighted by molar-refractivity contribution is -0.885. The molecule has 53 valence electrons. The minimum atomic E-state index is -0.412. The van der Waals surface area contributed by atoms with Crippen LogP contribution in [0.15, 0.2) is 0 Å². The second-order valence-electron chi connectivity index (χ2n) is 2.93. The first-order valence-electron chi connectivity index (χ1n) is 2.82. The van der Waals surface area contributed by atoms with Crippen molar-refractivity contribution >= 4 is 6.29 Å². The zero-order chi connectivity index (χ0) is 7.49. The smallest absolute Gasteiger partial charge is 0.264 e. The molecular weight excluding hydrogens is 118 g/mol. The Bertz CT molecular complexity index is 95.7. The van der Waals surface area contributed by atoms with Crippen molar-refractivity contribution in [2.45, 2.75) is 6.04 Å². The molecule has 9 heavy (non-hydrogen) atoms. The van der Waals surface area contributed by atoms with Crippen molar-refractivity contribution in [2.24, 2.45) is 0 Å². The van der Waals surface area contributed by atoms with Crippen molar-refractivity contribution in [3.63, 3.8) is 0 Å². The van der Waals surface area contributed by atoms with Crippen LogP contribution in [0.3, 0.4) is 0 Å². The molecule has 0 amide bonds. The molecule has 0 heterocycles. The van der Waals surface area contributed by atoms with Crippen LogP contribution in [0.4, 0.5) is 0 Å². The van der Waals surface area contributed by atoms with Crippen molar-refractivity contribution in [1.82, 2.24) is 0 Å². The van der Waals surface area contributed by atoms with Gasteiger partial charge in [-0.1, -0.05) is 0 Å². The van der Waals surface area contributed by atoms with Gasteiger partial charge in [0.05, 0.1) is 21.1 Å². The number of aliphatic hydroxyl groups is 1. The number of nitrogens with zero attached hydrogens (tertiary/aromatic N) is 1. The normalized spacial score (nSPS) is 15.1. The lowest BCUT2D eigenvalue weighted by Crippen LogP contribution is -2.48. The lowest BCUT2D eigenvalue weighted by atomic mass is 10.3. The van der Waals surface area contributed by atoms with Gasteiger partial charge in [0.15, 0.2) is 6.04 Å². The molecule has 0 bridgehead atoms. The van der Waals surface area contributed by atoms with Crippen LogP contribution in [-0.2, 0) is 4.79 Å². The first-order chi connectivity index (χ1) is 4.02. The molecule has 0 saturated carbocycles. The maximum absolute atomic E-state index is 10.1. The van der Waals surface area contributed by atoms with Crippen LogP contribution >= 0.6 is 0 Å². The number of aliphatic hydroxyl groups excluding tert-OH is 1. The maximum Gasteiger partial charge on any atom is 0.264 e. The Morgan fingerprint density at radius 2 is 2.00 bits per heavy atom. The van der Waals surface area contributed by atoms with Crippen molar-refractivity contribution < 1.29 is 14.4 Å². The summed E-state index contributed by atoms with van der Waals surface area (Å²) >= 11 is 0. The molecule has 0 aliphatic rings. The van der Waals surface area contributed by atoms with Gasteiger partial charge in [0.2, 0.25) is 0 Å². The molecule has 0 aliphatic heterocycles. The van der Waals surface area contributed by atoms with E-state index in [9.17, 15) is 4.79 Å². The van der Waals surface area contributed by atoms with Gasteiger partial charge in [0, 0.05) is 0 Å². The first-order valence-corrected chi connectivity index (χ1v) is 2.82. The zero-order valence-corrected chi connectivity index (χ0v) is 6.09. The predicted molar refractivity (Wildman–Crippen MR) is 34.6 cm³/mol. The van der Waals surface area contributed by atoms with E-state index in [4.69, 9.17) is 5.11 Å². The highest BCUT2D eigenvalue weighted by molar-refractivity contribution is 5.56. The maximum atomic E-state index is 10.1. The minimum absolute atomic E-state index is 0.132. The third kappa shape index (κ3) is 2.58. The fourth-order valence-corrected chi connectivity index (χ4v) is 0.440. The largest absolute Gasteiger partial charge is 0.390 e. The van der Waals surface area contributed by atoms with Crippen molar-refractivity contribution in [2.75, 3.05) is 27.7 Å². The Hall–Kier alpha value is -0.410. The number of hydrogen-bond acceptors (Lipinski definition) is 2. The van der Waals surface area contributed by atoms with Crippen LogP contribution in [0.2, 0.25) is 0 Å². The topological polar surface area (TPSA) is 37.3 Å². The molecule has 0 aliphatic carbocycles. The first kappa shape index (κ1) is 8.59. The van der Waals surface area contributed by atoms with E-state index in [1.54, 1.807) is 6.29 Å². The van der Waals surface area contributed by atoms with Crippen molar-refractivity contribution in [1.29, 1.82) is 0 Å². The molecule has 3 nitrogen and oxygen atoms in total. The van der Waals surface area contributed by atoms with Crippen molar-refractivity contribution in [3.05, 3.63) is 0 Å². The van der Waals surface area contributed by atoms with E-state index in [-0.39, 0.29) is 6.61 Å². The van der Waals surface area contributed by atoms with Gasteiger partial charge < -0.3 is 9.59 Å². The number of rotatable bonds is 3. The quantitative estimate of drug-likeness (QED) is 0.507. The van der Waals surface area contributed by atoms with Gasteiger partial charge in [-0.3, -0.25) is 4.79 Å². The third-order valence-electron chi connectivity index (χ3n) is 1.24. The monoisotopic (exact) mass is 131 g/mol. The highest BCUT2D eigenvalue weighted by Crippen LogP contribution is 1.97. The highest BCUT2D eigenvalue weighted by atomic mass is 16.3. The van der Waals surface area contributed by atoms with E-state index in [0.717, 1.165) is 0 Å². The summed E-state index contributed by atoms with van der Waals surface area (Å²) in [4.78, 5) is 10.1. The summed E-state index contributed by atoms with van der Waals surface area (Å²) in [6, 6.07) is -0.412. The predicted octanol–water partition coefficient (Wildman–Crippen LogP) is -0.837. The Kier molecular flexibility index (Phi) is 2.81. The van der Waals surface area contributed by atoms with E-state index in [0.29, 0.717) is 4.48 Å². The molecule has 0 aromatic carbocycles. The average molecular weight is 131 g/mol. The van der Waals surface area contributed by atoms with Crippen LogP contribution < -0.4 is 0 Å². The molecule has 0 aromatic rings. The molecular formula is C6H13NO2+. The van der Waals surface area contributed by atoms with E-state index < -0.39 is 6.04 Å². The van der Waals surface area contributed by atoms with Crippen LogP contribution in [0.25, 0.3) is 0 Å². The Morgan fingerprint density at radius 1 is 1.56 bits per heavy atom. The number of quaternary nitrogens is 1. The summed E-state index contributed by atoms with van der Waals surface area (Å²) in [7, 11) is 5.52. The van der Waals surface area contributed by atoms with Gasteiger partial charge in [-0.2, -0.15) is 0 Å². The molecule has 0 aromatic heterocycles. The van der Waals surface area contributed by atoms with Gasteiger partial charge in [0.25, 0.3) is 6.29 Å². The summed E-state index contributed by atoms with van der Waals surface area (Å²) in [6.07, 6.45) is 1.76. The Labute approximate surface area is 55.5 Å². The Balaban J connectivity index is 3.94. The van der Waals surface area contributed by atoms with Crippen LogP contribution in [0.1, 0.15) is 0 Å². The van der Waals surface area contributed by atoms with Crippen LogP contribution in [0, 0.1) is 0 Å². The summed E-state index contributed by atoms with van der Waals surface area (Å²) in [5.41, 5.74) is 0. The molecule has 0 unspecified atom stereocenters. The number of likely N-dealkylation sites (N-methyl/N-ethyl adjacent to an activating group) is 1. The fraction of sp³-hybridized carbons (Fsp3) is 0.833. The highest BCUT2D eigenvalue weighted by Gasteiger charge is 2.22. The van der Waals surface area contributed by atoms with E-state index >= 15 is 0 Å². The second-order valence-corrected chi connectivity index (χ2v) is 2.93. The third-order valence-corrected chi connectivity index (χ3v) is 1.24. The lowest BCUT2D eigenvalue weighted by Gasteiger charge is -2.27. The van der Waals surface area contributed by atoms with Crippen LogP contribution in [0.5, 0.6) is 0 Å². The molecule has 0 saturated heterocycles. The zero-order valence-electron chi connectivity index (χ0n) is 6.09. The van der Waals surface area contributed by atoms with Gasteiger partial charge in [-0.15, -0.1) is 0 Å². The van der Waals surface area contributed by atoms with E-state index in [2.05, 4.69) is 0 Å². The molecule has 0 rings (SSSR count). The van der Waals surface area contributed by atoms with E-state index in [1.807, 2.05) is 21.1 Å². The standard InChI is InChI=1S/C6H13NO2/c1-7(2,3)6(4-8)5-9/h6,8H,4H2,1-3H3/q+1/t6-/m0/s1. The van der Waals surface area contributed by atoms with Crippen LogP contribution in [-0.4, -0.2) is 49.7 Å². The van der Waals surface area contributed by atoms with Gasteiger partial charge in [-0.05, 0) is 0 Å². The molecule has 3 heteroatoms. The molecule has 1 radical (unpaired) electrons. The van der Waals surface area contributed by atoms with Gasteiger partial charge in [0.1, 0.15) is 6.61 Å². The van der Waals surface area contributed by atoms with E-state index in [1.165, 1.54) is 0 Å². The number of hydrogen-bond donors (Lipinski definition) is 1. The summed E-state index contributed by atoms with van der Waals surface area (Å²) < 4.78 is 0.431. The Morgan fingerprint density at radius 3 is 2.00 bits per heavy atom. The molecule has 0 spiro atoms. The SMILES string of the molecule is C[N+](C)(C)[C@H]([C]=O)CO. The summed E-state index contributed by atoms with van der Waals surface area (Å²) in [6.45, 7) is -0.132. The van der Waals surface area contributed by atoms with Crippen molar-refractivity contribution in [3.8, 4) is 0 Å². The molecule has 1 N–H and O–H groups in total. The second kappa shape index (κ2) is 2.94. The average Bonchev–Trinajstić information content (AvgIpc) is 1.65. The summed E-state index contributed by atoms with van der Waals surface area (Å²) in [5.74, 6) is 0. The summed E-state index contributed by atoms with van der Waals surface area (Å²) in [5, 5.41) is 8.58. The molecule has 0 fully saturated rings. The number of carbonyl (C=O) groups excluding carboxylic acids is 1. The molecule has 1 atom stereocenters. The van der Waals surface area contributed by atoms with Gasteiger partial charge >= 0.3 is 0 Å².